The van der Waals surface area contributed by atoms with E-state index in [2.05, 4.69) is 10.1 Å². The Labute approximate surface area is 172 Å². The number of fused-ring (bicyclic) bond motifs is 1. The van der Waals surface area contributed by atoms with E-state index in [1.165, 1.54) is 43.5 Å². The number of alkyl halides is 3. The summed E-state index contributed by atoms with van der Waals surface area (Å²) in [6, 6.07) is 11.7. The molecule has 0 saturated carbocycles. The van der Waals surface area contributed by atoms with Crippen molar-refractivity contribution in [3.63, 3.8) is 0 Å². The van der Waals surface area contributed by atoms with Gasteiger partial charge in [0.1, 0.15) is 17.9 Å². The van der Waals surface area contributed by atoms with Crippen molar-refractivity contribution in [2.45, 2.75) is 19.1 Å². The molecule has 31 heavy (non-hydrogen) atoms. The van der Waals surface area contributed by atoms with Crippen LogP contribution >= 0.6 is 0 Å². The van der Waals surface area contributed by atoms with Gasteiger partial charge >= 0.3 is 6.18 Å². The summed E-state index contributed by atoms with van der Waals surface area (Å²) >= 11 is 0. The van der Waals surface area contributed by atoms with E-state index >= 15 is 0 Å². The predicted molar refractivity (Wildman–Crippen MR) is 103 cm³/mol. The number of methoxy groups -OCH3 is 1. The maximum absolute atomic E-state index is 13.6. The van der Waals surface area contributed by atoms with Crippen LogP contribution in [-0.4, -0.2) is 28.0 Å². The van der Waals surface area contributed by atoms with Crippen molar-refractivity contribution in [2.24, 2.45) is 0 Å². The van der Waals surface area contributed by atoms with E-state index in [9.17, 15) is 22.4 Å². The monoisotopic (exact) mass is 433 g/mol. The van der Waals surface area contributed by atoms with Crippen molar-refractivity contribution in [1.82, 2.24) is 14.7 Å². The topological polar surface area (TPSA) is 70.2 Å². The maximum atomic E-state index is 13.6. The number of hydrogen-bond acceptors (Lipinski definition) is 5. The zero-order valence-corrected chi connectivity index (χ0v) is 16.1. The third-order valence-electron chi connectivity index (χ3n) is 4.61. The summed E-state index contributed by atoms with van der Waals surface area (Å²) in [5, 5.41) is 4.04. The highest BCUT2D eigenvalue weighted by Gasteiger charge is 2.31. The molecule has 0 saturated heterocycles. The first kappa shape index (κ1) is 20.6. The van der Waals surface area contributed by atoms with Gasteiger partial charge in [-0.1, -0.05) is 17.3 Å². The van der Waals surface area contributed by atoms with Crippen molar-refractivity contribution in [3.8, 4) is 17.1 Å². The smallest absolute Gasteiger partial charge is 0.396 e. The third-order valence-corrected chi connectivity index (χ3v) is 4.61. The summed E-state index contributed by atoms with van der Waals surface area (Å²) in [6.45, 7) is -0.274. The van der Waals surface area contributed by atoms with Gasteiger partial charge < -0.3 is 9.26 Å². The average molecular weight is 433 g/mol. The van der Waals surface area contributed by atoms with Gasteiger partial charge in [0.05, 0.1) is 24.6 Å². The highest BCUT2D eigenvalue weighted by molar-refractivity contribution is 5.77. The summed E-state index contributed by atoms with van der Waals surface area (Å²) in [7, 11) is 1.31. The number of hydrogen-bond donors (Lipinski definition) is 0. The number of rotatable bonds is 5. The molecule has 0 radical (unpaired) electrons. The number of benzene rings is 2. The second-order valence-corrected chi connectivity index (χ2v) is 6.76. The van der Waals surface area contributed by atoms with Crippen LogP contribution in [0.2, 0.25) is 0 Å². The first-order valence-corrected chi connectivity index (χ1v) is 9.10. The molecular formula is C21H15F4N3O3. The minimum atomic E-state index is -4.55. The van der Waals surface area contributed by atoms with E-state index in [4.69, 9.17) is 9.26 Å². The lowest BCUT2D eigenvalue weighted by Crippen LogP contribution is -2.29. The predicted octanol–water partition coefficient (Wildman–Crippen LogP) is 4.35. The van der Waals surface area contributed by atoms with Gasteiger partial charge in [-0.2, -0.15) is 13.2 Å². The third kappa shape index (κ3) is 4.27. The van der Waals surface area contributed by atoms with E-state index in [-0.39, 0.29) is 34.7 Å². The van der Waals surface area contributed by atoms with Gasteiger partial charge in [0.15, 0.2) is 17.3 Å². The van der Waals surface area contributed by atoms with Gasteiger partial charge in [0.2, 0.25) is 0 Å². The molecule has 0 amide bonds. The fourth-order valence-corrected chi connectivity index (χ4v) is 3.19. The molecule has 4 aromatic rings. The van der Waals surface area contributed by atoms with Crippen molar-refractivity contribution in [3.05, 3.63) is 76.2 Å². The molecule has 0 aliphatic carbocycles. The van der Waals surface area contributed by atoms with Gasteiger partial charge in [0.25, 0.3) is 5.56 Å². The lowest BCUT2D eigenvalue weighted by Gasteiger charge is -2.13. The molecule has 0 N–H and O–H groups in total. The summed E-state index contributed by atoms with van der Waals surface area (Å²) in [4.78, 5) is 16.9. The van der Waals surface area contributed by atoms with E-state index < -0.39 is 29.8 Å². The van der Waals surface area contributed by atoms with Gasteiger partial charge in [0, 0.05) is 11.6 Å². The Hall–Kier alpha value is -3.69. The molecule has 0 aliphatic heterocycles. The second-order valence-electron chi connectivity index (χ2n) is 6.76. The molecule has 2 aromatic heterocycles. The summed E-state index contributed by atoms with van der Waals surface area (Å²) in [5.41, 5.74) is 0.234. The van der Waals surface area contributed by atoms with Crippen LogP contribution in [0.1, 0.15) is 11.5 Å². The summed E-state index contributed by atoms with van der Waals surface area (Å²) in [5.74, 6) is -0.744. The van der Waals surface area contributed by atoms with Gasteiger partial charge in [-0.25, -0.2) is 9.37 Å². The molecule has 0 aliphatic rings. The summed E-state index contributed by atoms with van der Waals surface area (Å²) in [6.07, 6.45) is -5.92. The summed E-state index contributed by atoms with van der Waals surface area (Å²) < 4.78 is 64.0. The first-order valence-electron chi connectivity index (χ1n) is 9.10. The van der Waals surface area contributed by atoms with E-state index in [1.54, 1.807) is 12.1 Å². The SMILES string of the molecule is COc1cc(-c2cc(Cn3c(CC(F)(F)F)nc4ccccc4c3=O)no2)ccc1F. The van der Waals surface area contributed by atoms with Gasteiger partial charge in [-0.3, -0.25) is 9.36 Å². The highest BCUT2D eigenvalue weighted by atomic mass is 19.4. The molecule has 0 unspecified atom stereocenters. The van der Waals surface area contributed by atoms with Crippen LogP contribution in [0.5, 0.6) is 5.75 Å². The normalized spacial score (nSPS) is 11.8. The van der Waals surface area contributed by atoms with E-state index in [0.717, 1.165) is 4.57 Å². The molecule has 0 atom stereocenters. The number of ether oxygens (including phenoxy) is 1. The van der Waals surface area contributed by atoms with Crippen LogP contribution < -0.4 is 10.3 Å². The Balaban J connectivity index is 1.74. The Bertz CT molecular complexity index is 1310. The van der Waals surface area contributed by atoms with Gasteiger partial charge in [-0.05, 0) is 30.3 Å². The highest BCUT2D eigenvalue weighted by Crippen LogP contribution is 2.27. The molecule has 4 rings (SSSR count). The standard InChI is InChI=1S/C21H15F4N3O3/c1-30-18-8-12(6-7-15(18)22)17-9-13(27-31-17)11-28-19(10-21(23,24)25)26-16-5-3-2-4-14(16)20(28)29/h2-9H,10-11H2,1H3. The lowest BCUT2D eigenvalue weighted by molar-refractivity contribution is -0.129. The molecule has 0 bridgehead atoms. The zero-order valence-electron chi connectivity index (χ0n) is 16.1. The zero-order chi connectivity index (χ0) is 22.2. The van der Waals surface area contributed by atoms with Crippen LogP contribution in [0.15, 0.2) is 57.8 Å². The van der Waals surface area contributed by atoms with Crippen molar-refractivity contribution < 1.29 is 26.8 Å². The van der Waals surface area contributed by atoms with Crippen molar-refractivity contribution in [1.29, 1.82) is 0 Å². The minimum Gasteiger partial charge on any atom is -0.494 e. The average Bonchev–Trinajstić information content (AvgIpc) is 3.19. The van der Waals surface area contributed by atoms with E-state index in [1.807, 2.05) is 0 Å². The molecule has 0 spiro atoms. The maximum Gasteiger partial charge on any atom is 0.396 e. The van der Waals surface area contributed by atoms with E-state index in [0.29, 0.717) is 5.56 Å². The Morgan fingerprint density at radius 2 is 1.90 bits per heavy atom. The molecule has 2 heterocycles. The Kier molecular flexibility index (Phi) is 5.22. The first-order chi connectivity index (χ1) is 14.7. The quantitative estimate of drug-likeness (QED) is 0.438. The largest absolute Gasteiger partial charge is 0.494 e. The second kappa shape index (κ2) is 7.86. The molecule has 6 nitrogen and oxygen atoms in total. The molecule has 0 fully saturated rings. The molecule has 10 heteroatoms. The fraction of sp³-hybridized carbons (Fsp3) is 0.190. The van der Waals surface area contributed by atoms with Crippen molar-refractivity contribution in [2.75, 3.05) is 7.11 Å². The Morgan fingerprint density at radius 1 is 1.13 bits per heavy atom. The Morgan fingerprint density at radius 3 is 2.65 bits per heavy atom. The van der Waals surface area contributed by atoms with Gasteiger partial charge in [-0.15, -0.1) is 0 Å². The lowest BCUT2D eigenvalue weighted by atomic mass is 10.1. The van der Waals surface area contributed by atoms with Crippen LogP contribution in [0.4, 0.5) is 17.6 Å². The van der Waals surface area contributed by atoms with Crippen molar-refractivity contribution >= 4 is 10.9 Å². The van der Waals surface area contributed by atoms with Crippen LogP contribution in [0.3, 0.4) is 0 Å². The van der Waals surface area contributed by atoms with Crippen LogP contribution in [-0.2, 0) is 13.0 Å². The minimum absolute atomic E-state index is 0.00198. The van der Waals surface area contributed by atoms with Crippen LogP contribution in [0, 0.1) is 5.82 Å². The fourth-order valence-electron chi connectivity index (χ4n) is 3.19. The molecule has 160 valence electrons. The number of para-hydroxylation sites is 1. The number of halogens is 4. The number of nitrogens with zero attached hydrogens (tertiary/aromatic N) is 3. The van der Waals surface area contributed by atoms with Crippen LogP contribution in [0.25, 0.3) is 22.2 Å². The number of aromatic nitrogens is 3. The molecule has 2 aromatic carbocycles. The molecular weight excluding hydrogens is 418 g/mol.